The van der Waals surface area contributed by atoms with E-state index in [1.54, 1.807) is 17.4 Å². The van der Waals surface area contributed by atoms with Crippen LogP contribution in [0.15, 0.2) is 23.2 Å². The monoisotopic (exact) mass is 229 g/mol. The van der Waals surface area contributed by atoms with Crippen LogP contribution in [0.25, 0.3) is 0 Å². The first kappa shape index (κ1) is 7.63. The summed E-state index contributed by atoms with van der Waals surface area (Å²) in [4.78, 5) is 4.19. The summed E-state index contributed by atoms with van der Waals surface area (Å²) in [5, 5.41) is 1.78. The fraction of sp³-hybridized carbons (Fsp3) is 0.167. The van der Waals surface area contributed by atoms with Gasteiger partial charge in [-0.05, 0) is 15.9 Å². The van der Waals surface area contributed by atoms with Crippen molar-refractivity contribution in [3.63, 3.8) is 0 Å². The van der Waals surface area contributed by atoms with Crippen molar-refractivity contribution >= 4 is 21.9 Å². The molecule has 0 aliphatic carbocycles. The second kappa shape index (κ2) is 2.80. The molecule has 5 nitrogen and oxygen atoms in total. The van der Waals surface area contributed by atoms with Crippen LogP contribution in [-0.2, 0) is 7.05 Å². The molecule has 2 heterocycles. The zero-order valence-electron chi connectivity index (χ0n) is 6.45. The lowest BCUT2D eigenvalue weighted by molar-refractivity contribution is 0.652. The maximum atomic E-state index is 4.19. The first-order valence-corrected chi connectivity index (χ1v) is 4.22. The van der Waals surface area contributed by atoms with Crippen LogP contribution in [0.3, 0.4) is 0 Å². The molecule has 0 spiro atoms. The molecule has 1 aliphatic rings. The molecule has 2 rings (SSSR count). The highest BCUT2D eigenvalue weighted by atomic mass is 79.9. The zero-order valence-corrected chi connectivity index (χ0v) is 8.04. The third-order valence-electron chi connectivity index (χ3n) is 1.61. The summed E-state index contributed by atoms with van der Waals surface area (Å²) < 4.78 is 2.87. The SMILES string of the molecule is Cn1c(Br)cnc1N1C=CNN1. The molecule has 0 amide bonds. The predicted molar refractivity (Wildman–Crippen MR) is 48.8 cm³/mol. The number of rotatable bonds is 1. The normalized spacial score (nSPS) is 15.3. The van der Waals surface area contributed by atoms with E-state index in [-0.39, 0.29) is 0 Å². The number of aromatic nitrogens is 2. The number of nitrogens with one attached hydrogen (secondary N) is 2. The van der Waals surface area contributed by atoms with Crippen LogP contribution in [0.2, 0.25) is 0 Å². The fourth-order valence-electron chi connectivity index (χ4n) is 0.976. The topological polar surface area (TPSA) is 45.1 Å². The van der Waals surface area contributed by atoms with E-state index in [2.05, 4.69) is 31.9 Å². The Morgan fingerprint density at radius 2 is 2.42 bits per heavy atom. The number of hydrogen-bond donors (Lipinski definition) is 2. The van der Waals surface area contributed by atoms with Crippen LogP contribution < -0.4 is 16.0 Å². The quantitative estimate of drug-likeness (QED) is 0.736. The molecule has 0 bridgehead atoms. The van der Waals surface area contributed by atoms with Crippen molar-refractivity contribution in [2.24, 2.45) is 7.05 Å². The van der Waals surface area contributed by atoms with E-state index >= 15 is 0 Å². The molecule has 0 aromatic carbocycles. The Balaban J connectivity index is 2.33. The largest absolute Gasteiger partial charge is 0.309 e. The molecule has 0 radical (unpaired) electrons. The first-order chi connectivity index (χ1) is 5.79. The van der Waals surface area contributed by atoms with E-state index in [1.165, 1.54) is 0 Å². The van der Waals surface area contributed by atoms with Crippen LogP contribution in [0.5, 0.6) is 0 Å². The second-order valence-corrected chi connectivity index (χ2v) is 3.19. The number of imidazole rings is 1. The van der Waals surface area contributed by atoms with Gasteiger partial charge in [-0.25, -0.2) is 9.99 Å². The summed E-state index contributed by atoms with van der Waals surface area (Å²) in [5.41, 5.74) is 5.73. The van der Waals surface area contributed by atoms with Crippen molar-refractivity contribution in [2.45, 2.75) is 0 Å². The van der Waals surface area contributed by atoms with Crippen molar-refractivity contribution in [3.05, 3.63) is 23.2 Å². The lowest BCUT2D eigenvalue weighted by atomic mass is 10.8. The minimum Gasteiger partial charge on any atom is -0.309 e. The Hall–Kier alpha value is -1.01. The highest BCUT2D eigenvalue weighted by Crippen LogP contribution is 2.17. The van der Waals surface area contributed by atoms with E-state index in [9.17, 15) is 0 Å². The highest BCUT2D eigenvalue weighted by molar-refractivity contribution is 9.10. The smallest absolute Gasteiger partial charge is 0.226 e. The van der Waals surface area contributed by atoms with Crippen LogP contribution >= 0.6 is 15.9 Å². The van der Waals surface area contributed by atoms with E-state index < -0.39 is 0 Å². The molecular formula is C6H8BrN5. The van der Waals surface area contributed by atoms with Crippen LogP contribution in [0, 0.1) is 0 Å². The van der Waals surface area contributed by atoms with Crippen LogP contribution in [0.1, 0.15) is 0 Å². The Bertz CT molecular complexity index is 318. The Kier molecular flexibility index (Phi) is 1.78. The molecule has 0 saturated heterocycles. The van der Waals surface area contributed by atoms with Gasteiger partial charge in [0.1, 0.15) is 4.60 Å². The van der Waals surface area contributed by atoms with Gasteiger partial charge in [0.25, 0.3) is 0 Å². The van der Waals surface area contributed by atoms with Crippen LogP contribution in [0.4, 0.5) is 5.95 Å². The lowest BCUT2D eigenvalue weighted by Crippen LogP contribution is -2.36. The third-order valence-corrected chi connectivity index (χ3v) is 2.35. The van der Waals surface area contributed by atoms with Gasteiger partial charge < -0.3 is 9.99 Å². The molecule has 0 unspecified atom stereocenters. The number of nitrogens with zero attached hydrogens (tertiary/aromatic N) is 3. The molecule has 64 valence electrons. The van der Waals surface area contributed by atoms with Crippen LogP contribution in [-0.4, -0.2) is 9.55 Å². The molecule has 1 aromatic rings. The molecule has 0 atom stereocenters. The summed E-state index contributed by atoms with van der Waals surface area (Å²) >= 11 is 3.36. The molecule has 6 heteroatoms. The van der Waals surface area contributed by atoms with Crippen molar-refractivity contribution in [1.82, 2.24) is 20.5 Å². The minimum absolute atomic E-state index is 0.822. The molecule has 1 aromatic heterocycles. The van der Waals surface area contributed by atoms with Crippen molar-refractivity contribution in [3.8, 4) is 0 Å². The number of hydrazine groups is 2. The fourth-order valence-corrected chi connectivity index (χ4v) is 1.24. The average molecular weight is 230 g/mol. The molecule has 0 fully saturated rings. The molecule has 12 heavy (non-hydrogen) atoms. The first-order valence-electron chi connectivity index (χ1n) is 3.43. The summed E-state index contributed by atoms with van der Waals surface area (Å²) in [6, 6.07) is 0. The number of hydrogen-bond acceptors (Lipinski definition) is 4. The van der Waals surface area contributed by atoms with Gasteiger partial charge in [-0.2, -0.15) is 0 Å². The summed E-state index contributed by atoms with van der Waals surface area (Å²) in [7, 11) is 1.93. The molecule has 0 saturated carbocycles. The van der Waals surface area contributed by atoms with E-state index in [0.717, 1.165) is 10.6 Å². The third kappa shape index (κ3) is 1.09. The van der Waals surface area contributed by atoms with Crippen molar-refractivity contribution < 1.29 is 0 Å². The van der Waals surface area contributed by atoms with Gasteiger partial charge >= 0.3 is 0 Å². The van der Waals surface area contributed by atoms with Gasteiger partial charge in [-0.1, -0.05) is 0 Å². The van der Waals surface area contributed by atoms with Gasteiger partial charge in [-0.15, -0.1) is 5.53 Å². The van der Waals surface area contributed by atoms with Gasteiger partial charge in [0.15, 0.2) is 0 Å². The van der Waals surface area contributed by atoms with E-state index in [1.807, 2.05) is 17.8 Å². The standard InChI is InChI=1S/C6H8BrN5/c1-11-5(7)4-8-6(11)12-3-2-9-10-12/h2-4,9-10H,1H3. The maximum Gasteiger partial charge on any atom is 0.226 e. The Labute approximate surface area is 78.1 Å². The maximum absolute atomic E-state index is 4.19. The molecule has 2 N–H and O–H groups in total. The predicted octanol–water partition coefficient (Wildman–Crippen LogP) is 0.483. The molecular weight excluding hydrogens is 222 g/mol. The van der Waals surface area contributed by atoms with Crippen molar-refractivity contribution in [1.29, 1.82) is 0 Å². The van der Waals surface area contributed by atoms with Gasteiger partial charge in [0.05, 0.1) is 6.20 Å². The summed E-state index contributed by atoms with van der Waals surface area (Å²) in [6.07, 6.45) is 5.40. The lowest BCUT2D eigenvalue weighted by Gasteiger charge is -2.13. The average Bonchev–Trinajstić information content (AvgIpc) is 2.64. The second-order valence-electron chi connectivity index (χ2n) is 2.38. The Morgan fingerprint density at radius 3 is 2.92 bits per heavy atom. The summed E-state index contributed by atoms with van der Waals surface area (Å²) in [6.45, 7) is 0. The van der Waals surface area contributed by atoms with Gasteiger partial charge in [0, 0.05) is 19.4 Å². The van der Waals surface area contributed by atoms with Gasteiger partial charge in [-0.3, -0.25) is 0 Å². The van der Waals surface area contributed by atoms with E-state index in [0.29, 0.717) is 0 Å². The Morgan fingerprint density at radius 1 is 1.58 bits per heavy atom. The zero-order chi connectivity index (χ0) is 8.55. The van der Waals surface area contributed by atoms with E-state index in [4.69, 9.17) is 0 Å². The number of halogens is 1. The minimum atomic E-state index is 0.822. The number of anilines is 1. The van der Waals surface area contributed by atoms with Crippen molar-refractivity contribution in [2.75, 3.05) is 5.01 Å². The summed E-state index contributed by atoms with van der Waals surface area (Å²) in [5.74, 6) is 0.822. The molecule has 1 aliphatic heterocycles. The van der Waals surface area contributed by atoms with Gasteiger partial charge in [0.2, 0.25) is 5.95 Å². The highest BCUT2D eigenvalue weighted by Gasteiger charge is 2.12.